The minimum Gasteiger partial charge on any atom is -0.452 e. The lowest BCUT2D eigenvalue weighted by atomic mass is 9.79. The van der Waals surface area contributed by atoms with Gasteiger partial charge in [-0.3, -0.25) is 19.7 Å². The van der Waals surface area contributed by atoms with Crippen LogP contribution in [0.1, 0.15) is 56.6 Å². The predicted octanol–water partition coefficient (Wildman–Crippen LogP) is 4.42. The average molecular weight is 492 g/mol. The van der Waals surface area contributed by atoms with Gasteiger partial charge in [-0.15, -0.1) is 11.3 Å². The zero-order valence-electron chi connectivity index (χ0n) is 19.0. The third kappa shape index (κ3) is 5.59. The largest absolute Gasteiger partial charge is 0.452 e. The van der Waals surface area contributed by atoms with Crippen LogP contribution >= 0.6 is 23.1 Å². The van der Waals surface area contributed by atoms with Gasteiger partial charge in [0.15, 0.2) is 10.9 Å². The summed E-state index contributed by atoms with van der Waals surface area (Å²) in [6.07, 6.45) is 0.445. The van der Waals surface area contributed by atoms with E-state index < -0.39 is 34.5 Å². The molecule has 0 atom stereocenters. The molecule has 0 unspecified atom stereocenters. The summed E-state index contributed by atoms with van der Waals surface area (Å²) in [6.45, 7) is 8.51. The van der Waals surface area contributed by atoms with E-state index in [2.05, 4.69) is 4.98 Å². The Bertz CT molecular complexity index is 1110. The number of aryl methyl sites for hydroxylation is 1. The Labute approximate surface area is 199 Å². The van der Waals surface area contributed by atoms with Gasteiger partial charge in [0.25, 0.3) is 11.6 Å². The van der Waals surface area contributed by atoms with E-state index in [1.165, 1.54) is 23.5 Å². The number of benzene rings is 1. The van der Waals surface area contributed by atoms with Gasteiger partial charge in [-0.25, -0.2) is 9.78 Å². The lowest BCUT2D eigenvalue weighted by Gasteiger charge is -2.51. The number of aromatic nitrogens is 1. The zero-order valence-corrected chi connectivity index (χ0v) is 20.7. The first-order valence-corrected chi connectivity index (χ1v) is 11.9. The highest BCUT2D eigenvalue weighted by molar-refractivity contribution is 8.01. The van der Waals surface area contributed by atoms with Crippen LogP contribution in [0.15, 0.2) is 32.8 Å². The maximum absolute atomic E-state index is 12.9. The van der Waals surface area contributed by atoms with Crippen molar-refractivity contribution >= 4 is 46.4 Å². The number of hydrogen-bond acceptors (Lipinski definition) is 9. The normalized spacial score (nSPS) is 17.0. The fourth-order valence-corrected chi connectivity index (χ4v) is 6.18. The maximum atomic E-state index is 12.9. The highest BCUT2D eigenvalue weighted by atomic mass is 32.2. The van der Waals surface area contributed by atoms with Crippen LogP contribution in [-0.2, 0) is 14.3 Å². The second kappa shape index (κ2) is 9.22. The highest BCUT2D eigenvalue weighted by Gasteiger charge is 2.47. The Hall–Kier alpha value is -2.79. The zero-order chi connectivity index (χ0) is 24.6. The number of nitro benzene ring substituents is 1. The Balaban J connectivity index is 1.73. The number of ether oxygens (including phenoxy) is 1. The number of nitrogens with zero attached hydrogens (tertiary/aromatic N) is 3. The first kappa shape index (κ1) is 24.8. The van der Waals surface area contributed by atoms with Gasteiger partial charge in [-0.1, -0.05) is 11.8 Å². The molecule has 11 heteroatoms. The number of Topliss-reactive ketones (excluding diaryl/α,β-unsaturated/α-hetero) is 1. The Morgan fingerprint density at radius 3 is 2.42 bits per heavy atom. The van der Waals surface area contributed by atoms with Crippen molar-refractivity contribution in [3.63, 3.8) is 0 Å². The topological polar surface area (TPSA) is 120 Å². The first-order valence-electron chi connectivity index (χ1n) is 10.2. The van der Waals surface area contributed by atoms with Crippen LogP contribution in [0.3, 0.4) is 0 Å². The molecular weight excluding hydrogens is 466 g/mol. The molecular formula is C22H25N3O6S2. The molecule has 2 heterocycles. The average Bonchev–Trinajstić information content (AvgIpc) is 3.08. The molecule has 1 aliphatic heterocycles. The molecule has 0 bridgehead atoms. The summed E-state index contributed by atoms with van der Waals surface area (Å²) in [5.41, 5.74) is -0.881. The maximum Gasteiger partial charge on any atom is 0.338 e. The standard InChI is InChI=1S/C22H25N3O6S2/c1-13-12-32-20(23-13)33-17-7-6-14(8-16(17)25(29)30)19(28)31-11-18(27)24-21(2,3)9-15(26)10-22(24,4)5/h6-8,12H,9-11H2,1-5H3. The molecule has 1 aromatic heterocycles. The van der Waals surface area contributed by atoms with Gasteiger partial charge >= 0.3 is 5.97 Å². The van der Waals surface area contributed by atoms with E-state index in [1.54, 1.807) is 32.6 Å². The smallest absolute Gasteiger partial charge is 0.338 e. The number of piperidine rings is 1. The molecule has 33 heavy (non-hydrogen) atoms. The fourth-order valence-electron chi connectivity index (χ4n) is 4.30. The van der Waals surface area contributed by atoms with Crippen molar-refractivity contribution in [3.05, 3.63) is 45.0 Å². The van der Waals surface area contributed by atoms with E-state index in [4.69, 9.17) is 4.74 Å². The number of carbonyl (C=O) groups excluding carboxylic acids is 3. The SMILES string of the molecule is Cc1csc(Sc2ccc(C(=O)OCC(=O)N3C(C)(C)CC(=O)CC3(C)C)cc2[N+](=O)[O-])n1. The summed E-state index contributed by atoms with van der Waals surface area (Å²) in [6, 6.07) is 4.04. The second-order valence-electron chi connectivity index (χ2n) is 9.12. The summed E-state index contributed by atoms with van der Waals surface area (Å²) < 4.78 is 5.85. The lowest BCUT2D eigenvalue weighted by Crippen LogP contribution is -2.63. The quantitative estimate of drug-likeness (QED) is 0.331. The summed E-state index contributed by atoms with van der Waals surface area (Å²) in [4.78, 5) is 54.8. The summed E-state index contributed by atoms with van der Waals surface area (Å²) >= 11 is 2.52. The van der Waals surface area contributed by atoms with Crippen molar-refractivity contribution in [3.8, 4) is 0 Å². The van der Waals surface area contributed by atoms with Crippen LogP contribution in [0, 0.1) is 17.0 Å². The molecule has 1 fully saturated rings. The van der Waals surface area contributed by atoms with E-state index in [1.807, 2.05) is 12.3 Å². The number of ketones is 1. The molecule has 0 aliphatic carbocycles. The third-order valence-corrected chi connectivity index (χ3v) is 7.35. The molecule has 3 rings (SSSR count). The molecule has 0 saturated carbocycles. The van der Waals surface area contributed by atoms with Crippen molar-refractivity contribution in [2.45, 2.75) is 67.8 Å². The minimum absolute atomic E-state index is 0.0264. The summed E-state index contributed by atoms with van der Waals surface area (Å²) in [5, 5.41) is 13.4. The number of nitro groups is 1. The van der Waals surface area contributed by atoms with Crippen molar-refractivity contribution < 1.29 is 24.0 Å². The number of amides is 1. The second-order valence-corrected chi connectivity index (χ2v) is 11.3. The molecule has 0 spiro atoms. The van der Waals surface area contributed by atoms with E-state index in [-0.39, 0.29) is 29.9 Å². The molecule has 1 aromatic carbocycles. The van der Waals surface area contributed by atoms with Gasteiger partial charge in [0.05, 0.1) is 15.4 Å². The van der Waals surface area contributed by atoms with Crippen molar-refractivity contribution in [2.75, 3.05) is 6.61 Å². The van der Waals surface area contributed by atoms with E-state index in [9.17, 15) is 24.5 Å². The number of carbonyl (C=O) groups is 3. The predicted molar refractivity (Wildman–Crippen MR) is 124 cm³/mol. The van der Waals surface area contributed by atoms with Crippen LogP contribution in [0.25, 0.3) is 0 Å². The van der Waals surface area contributed by atoms with Gasteiger partial charge in [0, 0.05) is 41.1 Å². The van der Waals surface area contributed by atoms with Crippen LogP contribution in [0.4, 0.5) is 5.69 Å². The number of esters is 1. The van der Waals surface area contributed by atoms with Gasteiger partial charge in [-0.2, -0.15) is 0 Å². The highest BCUT2D eigenvalue weighted by Crippen LogP contribution is 2.38. The van der Waals surface area contributed by atoms with E-state index >= 15 is 0 Å². The van der Waals surface area contributed by atoms with Gasteiger partial charge < -0.3 is 9.64 Å². The molecule has 9 nitrogen and oxygen atoms in total. The molecule has 1 amide bonds. The van der Waals surface area contributed by atoms with Gasteiger partial charge in [0.2, 0.25) is 0 Å². The Kier molecular flexibility index (Phi) is 6.94. The van der Waals surface area contributed by atoms with Gasteiger partial charge in [-0.05, 0) is 46.8 Å². The van der Waals surface area contributed by atoms with Crippen LogP contribution in [-0.4, -0.2) is 50.2 Å². The van der Waals surface area contributed by atoms with E-state index in [0.29, 0.717) is 9.24 Å². The van der Waals surface area contributed by atoms with E-state index in [0.717, 1.165) is 23.5 Å². The van der Waals surface area contributed by atoms with Crippen LogP contribution < -0.4 is 0 Å². The fraction of sp³-hybridized carbons (Fsp3) is 0.455. The molecule has 176 valence electrons. The molecule has 0 N–H and O–H groups in total. The van der Waals surface area contributed by atoms with Gasteiger partial charge in [0.1, 0.15) is 5.78 Å². The monoisotopic (exact) mass is 491 g/mol. The summed E-state index contributed by atoms with van der Waals surface area (Å²) in [7, 11) is 0. The Morgan fingerprint density at radius 1 is 1.24 bits per heavy atom. The van der Waals surface area contributed by atoms with Crippen LogP contribution in [0.2, 0.25) is 0 Å². The lowest BCUT2D eigenvalue weighted by molar-refractivity contribution is -0.387. The minimum atomic E-state index is -0.836. The molecule has 0 radical (unpaired) electrons. The molecule has 2 aromatic rings. The van der Waals surface area contributed by atoms with Crippen LogP contribution in [0.5, 0.6) is 0 Å². The number of rotatable bonds is 6. The number of hydrogen-bond donors (Lipinski definition) is 0. The number of likely N-dealkylation sites (tertiary alicyclic amines) is 1. The summed E-state index contributed by atoms with van der Waals surface area (Å²) in [5.74, 6) is -1.19. The van der Waals surface area contributed by atoms with Crippen molar-refractivity contribution in [1.82, 2.24) is 9.88 Å². The molecule has 1 saturated heterocycles. The van der Waals surface area contributed by atoms with Crippen molar-refractivity contribution in [1.29, 1.82) is 0 Å². The Morgan fingerprint density at radius 2 is 1.88 bits per heavy atom. The van der Waals surface area contributed by atoms with Crippen molar-refractivity contribution in [2.24, 2.45) is 0 Å². The third-order valence-electron chi connectivity index (χ3n) is 5.23. The number of thiazole rings is 1. The molecule has 1 aliphatic rings. The first-order chi connectivity index (χ1) is 15.3.